The number of rotatable bonds is 7. The minimum absolute atomic E-state index is 0.0463. The summed E-state index contributed by atoms with van der Waals surface area (Å²) in [4.78, 5) is 23.0. The van der Waals surface area contributed by atoms with E-state index >= 15 is 0 Å². The van der Waals surface area contributed by atoms with E-state index < -0.39 is 5.97 Å². The van der Waals surface area contributed by atoms with Crippen molar-refractivity contribution in [3.05, 3.63) is 33.3 Å². The van der Waals surface area contributed by atoms with E-state index in [0.717, 1.165) is 6.42 Å². The first kappa shape index (κ1) is 18.0. The quantitative estimate of drug-likeness (QED) is 0.756. The molecule has 0 aliphatic rings. The molecule has 0 saturated heterocycles. The average Bonchev–Trinajstić information content (AvgIpc) is 2.37. The van der Waals surface area contributed by atoms with Crippen molar-refractivity contribution in [2.75, 3.05) is 6.54 Å². The first-order valence-electron chi connectivity index (χ1n) is 6.75. The molecule has 0 aliphatic carbocycles. The Morgan fingerprint density at radius 2 is 2.05 bits per heavy atom. The normalized spacial score (nSPS) is 12.2. The summed E-state index contributed by atoms with van der Waals surface area (Å²) in [5.41, 5.74) is 0.379. The lowest BCUT2D eigenvalue weighted by Crippen LogP contribution is -2.31. The highest BCUT2D eigenvalue weighted by atomic mass is 79.9. The van der Waals surface area contributed by atoms with Crippen molar-refractivity contribution < 1.29 is 14.7 Å². The van der Waals surface area contributed by atoms with Gasteiger partial charge in [0.2, 0.25) is 0 Å². The van der Waals surface area contributed by atoms with E-state index in [1.165, 1.54) is 0 Å². The largest absolute Gasteiger partial charge is 0.481 e. The van der Waals surface area contributed by atoms with Crippen LogP contribution in [-0.2, 0) is 4.79 Å². The molecule has 21 heavy (non-hydrogen) atoms. The molecule has 1 unspecified atom stereocenters. The number of benzene rings is 1. The number of hydrogen-bond donors (Lipinski definition) is 2. The minimum atomic E-state index is -0.851. The van der Waals surface area contributed by atoms with Crippen LogP contribution in [0, 0.1) is 11.8 Å². The van der Waals surface area contributed by atoms with E-state index in [4.69, 9.17) is 16.7 Å². The molecule has 0 bridgehead atoms. The molecule has 0 aromatic heterocycles. The number of carboxylic acids is 1. The molecule has 0 fully saturated rings. The van der Waals surface area contributed by atoms with E-state index in [1.54, 1.807) is 18.2 Å². The highest BCUT2D eigenvalue weighted by molar-refractivity contribution is 9.10. The van der Waals surface area contributed by atoms with E-state index in [-0.39, 0.29) is 18.2 Å². The zero-order valence-corrected chi connectivity index (χ0v) is 14.4. The van der Waals surface area contributed by atoms with Gasteiger partial charge in [-0.15, -0.1) is 0 Å². The third-order valence-electron chi connectivity index (χ3n) is 3.02. The van der Waals surface area contributed by atoms with Gasteiger partial charge in [0.1, 0.15) is 0 Å². The van der Waals surface area contributed by atoms with Crippen LogP contribution in [0.25, 0.3) is 0 Å². The number of halogens is 2. The van der Waals surface area contributed by atoms with Crippen LogP contribution in [0.1, 0.15) is 37.0 Å². The number of carboxylic acid groups (broad SMARTS) is 1. The van der Waals surface area contributed by atoms with Gasteiger partial charge in [-0.2, -0.15) is 0 Å². The summed E-state index contributed by atoms with van der Waals surface area (Å²) in [7, 11) is 0. The number of carbonyl (C=O) groups is 2. The first-order valence-corrected chi connectivity index (χ1v) is 7.92. The molecule has 0 heterocycles. The molecular weight excluding hydrogens is 358 g/mol. The number of aliphatic carboxylic acids is 1. The summed E-state index contributed by atoms with van der Waals surface area (Å²) >= 11 is 9.34. The molecule has 1 aromatic carbocycles. The van der Waals surface area contributed by atoms with Crippen molar-refractivity contribution >= 4 is 39.4 Å². The zero-order chi connectivity index (χ0) is 16.0. The van der Waals surface area contributed by atoms with Crippen molar-refractivity contribution in [2.45, 2.75) is 26.7 Å². The van der Waals surface area contributed by atoms with Crippen LogP contribution in [0.15, 0.2) is 22.7 Å². The fourth-order valence-electron chi connectivity index (χ4n) is 2.16. The third-order valence-corrected chi connectivity index (χ3v) is 4.31. The van der Waals surface area contributed by atoms with Gasteiger partial charge >= 0.3 is 5.97 Å². The molecule has 0 aliphatic heterocycles. The summed E-state index contributed by atoms with van der Waals surface area (Å²) in [6, 6.07) is 5.12. The topological polar surface area (TPSA) is 66.4 Å². The lowest BCUT2D eigenvalue weighted by molar-refractivity contribution is -0.138. The van der Waals surface area contributed by atoms with Gasteiger partial charge in [-0.3, -0.25) is 9.59 Å². The maximum Gasteiger partial charge on any atom is 0.303 e. The number of nitrogens with one attached hydrogen (secondary N) is 1. The van der Waals surface area contributed by atoms with E-state index in [2.05, 4.69) is 21.2 Å². The summed E-state index contributed by atoms with van der Waals surface area (Å²) in [6.45, 7) is 4.38. The molecular formula is C15H19BrClNO3. The molecule has 1 atom stereocenters. The smallest absolute Gasteiger partial charge is 0.303 e. The average molecular weight is 377 g/mol. The Balaban J connectivity index is 2.68. The SMILES string of the molecule is CC(C)CC(CNC(=O)c1cccc(Br)c1Cl)CC(=O)O. The molecule has 4 nitrogen and oxygen atoms in total. The Kier molecular flexibility index (Phi) is 7.18. The van der Waals surface area contributed by atoms with E-state index in [0.29, 0.717) is 27.5 Å². The second-order valence-electron chi connectivity index (χ2n) is 5.40. The van der Waals surface area contributed by atoms with Gasteiger partial charge in [0.05, 0.1) is 10.6 Å². The third kappa shape index (κ3) is 6.06. The van der Waals surface area contributed by atoms with Crippen LogP contribution < -0.4 is 5.32 Å². The van der Waals surface area contributed by atoms with Gasteiger partial charge in [-0.1, -0.05) is 31.5 Å². The Labute approximate surface area is 138 Å². The van der Waals surface area contributed by atoms with Crippen molar-refractivity contribution in [3.8, 4) is 0 Å². The van der Waals surface area contributed by atoms with Crippen molar-refractivity contribution in [2.24, 2.45) is 11.8 Å². The van der Waals surface area contributed by atoms with Crippen LogP contribution >= 0.6 is 27.5 Å². The fraction of sp³-hybridized carbons (Fsp3) is 0.467. The van der Waals surface area contributed by atoms with E-state index in [9.17, 15) is 9.59 Å². The maximum absolute atomic E-state index is 12.1. The van der Waals surface area contributed by atoms with Crippen LogP contribution in [0.3, 0.4) is 0 Å². The van der Waals surface area contributed by atoms with Gasteiger partial charge in [-0.25, -0.2) is 0 Å². The lowest BCUT2D eigenvalue weighted by atomic mass is 9.94. The summed E-state index contributed by atoms with van der Waals surface area (Å²) < 4.78 is 0.654. The molecule has 6 heteroatoms. The molecule has 1 aromatic rings. The van der Waals surface area contributed by atoms with E-state index in [1.807, 2.05) is 13.8 Å². The predicted octanol–water partition coefficient (Wildman–Crippen LogP) is 3.97. The lowest BCUT2D eigenvalue weighted by Gasteiger charge is -2.18. The van der Waals surface area contributed by atoms with Gasteiger partial charge in [-0.05, 0) is 46.3 Å². The number of carbonyl (C=O) groups excluding carboxylic acids is 1. The van der Waals surface area contributed by atoms with Crippen molar-refractivity contribution in [1.29, 1.82) is 0 Å². The Hall–Kier alpha value is -1.07. The molecule has 2 N–H and O–H groups in total. The molecule has 116 valence electrons. The first-order chi connectivity index (χ1) is 9.81. The minimum Gasteiger partial charge on any atom is -0.481 e. The van der Waals surface area contributed by atoms with Gasteiger partial charge in [0.15, 0.2) is 0 Å². The van der Waals surface area contributed by atoms with Crippen LogP contribution in [0.4, 0.5) is 0 Å². The molecule has 1 amide bonds. The van der Waals surface area contributed by atoms with Gasteiger partial charge < -0.3 is 10.4 Å². The van der Waals surface area contributed by atoms with Crippen LogP contribution in [0.5, 0.6) is 0 Å². The Morgan fingerprint density at radius 1 is 1.38 bits per heavy atom. The number of amides is 1. The highest BCUT2D eigenvalue weighted by Gasteiger charge is 2.18. The standard InChI is InChI=1S/C15H19BrClNO3/c1-9(2)6-10(7-13(19)20)8-18-15(21)11-4-3-5-12(16)14(11)17/h3-5,9-10H,6-8H2,1-2H3,(H,18,21)(H,19,20). The predicted molar refractivity (Wildman–Crippen MR) is 86.7 cm³/mol. The summed E-state index contributed by atoms with van der Waals surface area (Å²) in [5, 5.41) is 12.0. The fourth-order valence-corrected chi connectivity index (χ4v) is 2.74. The van der Waals surface area contributed by atoms with Crippen molar-refractivity contribution in [1.82, 2.24) is 5.32 Å². The van der Waals surface area contributed by atoms with Crippen molar-refractivity contribution in [3.63, 3.8) is 0 Å². The van der Waals surface area contributed by atoms with Gasteiger partial charge in [0, 0.05) is 17.4 Å². The summed E-state index contributed by atoms with van der Waals surface area (Å²) in [5.74, 6) is -0.853. The molecule has 1 rings (SSSR count). The molecule has 0 saturated carbocycles. The molecule has 0 spiro atoms. The maximum atomic E-state index is 12.1. The highest BCUT2D eigenvalue weighted by Crippen LogP contribution is 2.26. The Morgan fingerprint density at radius 3 is 2.62 bits per heavy atom. The number of hydrogen-bond acceptors (Lipinski definition) is 2. The second-order valence-corrected chi connectivity index (χ2v) is 6.64. The summed E-state index contributed by atoms with van der Waals surface area (Å²) in [6.07, 6.45) is 0.795. The second kappa shape index (κ2) is 8.39. The zero-order valence-electron chi connectivity index (χ0n) is 12.0. The van der Waals surface area contributed by atoms with Crippen LogP contribution in [-0.4, -0.2) is 23.5 Å². The monoisotopic (exact) mass is 375 g/mol. The van der Waals surface area contributed by atoms with Gasteiger partial charge in [0.25, 0.3) is 5.91 Å². The Bertz CT molecular complexity index is 520. The molecule has 0 radical (unpaired) electrons. The van der Waals surface area contributed by atoms with Crippen LogP contribution in [0.2, 0.25) is 5.02 Å².